The standard InChI is InChI=1S/C23H26O3.C2H6/c1-15-10-11-23(2,3)21-13-18(19(14-24)12-20(15)21)9-6-16-4-7-17(8-5-16)22(25)26;1-2/h4-9,12-13,15,24H,10-11,14H2,1-3H3,(H,25,26);1-2H3/b9-6+;. The molecule has 1 aliphatic rings. The van der Waals surface area contributed by atoms with Crippen molar-refractivity contribution in [2.45, 2.75) is 65.4 Å². The van der Waals surface area contributed by atoms with Gasteiger partial charge in [-0.25, -0.2) is 4.79 Å². The van der Waals surface area contributed by atoms with Crippen LogP contribution in [0.2, 0.25) is 0 Å². The maximum atomic E-state index is 11.0. The molecule has 0 saturated heterocycles. The van der Waals surface area contributed by atoms with E-state index in [1.165, 1.54) is 24.0 Å². The fourth-order valence-electron chi connectivity index (χ4n) is 3.76. The minimum atomic E-state index is -0.922. The molecule has 0 aromatic heterocycles. The van der Waals surface area contributed by atoms with Gasteiger partial charge in [-0.1, -0.05) is 71.0 Å². The molecule has 0 saturated carbocycles. The number of hydrogen-bond donors (Lipinski definition) is 2. The molecule has 0 aliphatic heterocycles. The van der Waals surface area contributed by atoms with Crippen LogP contribution in [0.1, 0.15) is 91.6 Å². The lowest BCUT2D eigenvalue weighted by molar-refractivity contribution is 0.0697. The van der Waals surface area contributed by atoms with Gasteiger partial charge in [-0.2, -0.15) is 0 Å². The lowest BCUT2D eigenvalue weighted by Crippen LogP contribution is -2.26. The zero-order valence-electron chi connectivity index (χ0n) is 17.6. The van der Waals surface area contributed by atoms with Gasteiger partial charge in [-0.15, -0.1) is 0 Å². The molecule has 2 aromatic carbocycles. The van der Waals surface area contributed by atoms with E-state index in [1.807, 2.05) is 26.0 Å². The summed E-state index contributed by atoms with van der Waals surface area (Å²) >= 11 is 0. The van der Waals surface area contributed by atoms with Gasteiger partial charge in [0.2, 0.25) is 0 Å². The summed E-state index contributed by atoms with van der Waals surface area (Å²) in [5.74, 6) is -0.404. The van der Waals surface area contributed by atoms with Crippen molar-refractivity contribution in [2.24, 2.45) is 0 Å². The Bertz CT molecular complexity index is 845. The highest BCUT2D eigenvalue weighted by molar-refractivity contribution is 5.88. The fraction of sp³-hybridized carbons (Fsp3) is 0.400. The molecule has 0 heterocycles. The zero-order chi connectivity index (χ0) is 20.9. The first-order chi connectivity index (χ1) is 13.3. The van der Waals surface area contributed by atoms with Crippen LogP contribution in [0.4, 0.5) is 0 Å². The van der Waals surface area contributed by atoms with E-state index in [1.54, 1.807) is 24.3 Å². The Balaban J connectivity index is 0.00000136. The van der Waals surface area contributed by atoms with Crippen molar-refractivity contribution in [3.63, 3.8) is 0 Å². The molecule has 2 aromatic rings. The lowest BCUT2D eigenvalue weighted by atomic mass is 9.68. The number of carbonyl (C=O) groups is 1. The summed E-state index contributed by atoms with van der Waals surface area (Å²) in [7, 11) is 0. The summed E-state index contributed by atoms with van der Waals surface area (Å²) in [4.78, 5) is 11.0. The summed E-state index contributed by atoms with van der Waals surface area (Å²) in [5.41, 5.74) is 6.04. The number of fused-ring (bicyclic) bond motifs is 1. The predicted molar refractivity (Wildman–Crippen MR) is 117 cm³/mol. The first kappa shape index (κ1) is 21.9. The molecule has 0 radical (unpaired) electrons. The molecule has 0 fully saturated rings. The Morgan fingerprint density at radius 3 is 2.36 bits per heavy atom. The third-order valence-corrected chi connectivity index (χ3v) is 5.56. The SMILES string of the molecule is CC.CC1CCC(C)(C)c2cc(/C=C/c3ccc(C(=O)O)cc3)c(CO)cc21. The van der Waals surface area contributed by atoms with Crippen molar-refractivity contribution in [1.82, 2.24) is 0 Å². The molecule has 1 atom stereocenters. The van der Waals surface area contributed by atoms with Crippen LogP contribution in [0.3, 0.4) is 0 Å². The topological polar surface area (TPSA) is 57.5 Å². The van der Waals surface area contributed by atoms with Crippen molar-refractivity contribution in [2.75, 3.05) is 0 Å². The molecule has 3 nitrogen and oxygen atoms in total. The monoisotopic (exact) mass is 380 g/mol. The van der Waals surface area contributed by atoms with Crippen molar-refractivity contribution < 1.29 is 15.0 Å². The molecule has 0 spiro atoms. The largest absolute Gasteiger partial charge is 0.478 e. The van der Waals surface area contributed by atoms with Crippen LogP contribution in [-0.2, 0) is 12.0 Å². The highest BCUT2D eigenvalue weighted by Gasteiger charge is 2.31. The molecular weight excluding hydrogens is 348 g/mol. The van der Waals surface area contributed by atoms with Gasteiger partial charge in [0.05, 0.1) is 12.2 Å². The van der Waals surface area contributed by atoms with Gasteiger partial charge < -0.3 is 10.2 Å². The smallest absolute Gasteiger partial charge is 0.335 e. The molecular formula is C25H32O3. The molecule has 150 valence electrons. The number of benzene rings is 2. The van der Waals surface area contributed by atoms with Gasteiger partial charge >= 0.3 is 5.97 Å². The highest BCUT2D eigenvalue weighted by atomic mass is 16.4. The van der Waals surface area contributed by atoms with Gasteiger partial charge in [0.15, 0.2) is 0 Å². The fourth-order valence-corrected chi connectivity index (χ4v) is 3.76. The third kappa shape index (κ3) is 4.71. The van der Waals surface area contributed by atoms with Crippen LogP contribution in [0, 0.1) is 0 Å². The quantitative estimate of drug-likeness (QED) is 0.617. The van der Waals surface area contributed by atoms with E-state index in [0.29, 0.717) is 5.92 Å². The average Bonchev–Trinajstić information content (AvgIpc) is 2.70. The van der Waals surface area contributed by atoms with E-state index >= 15 is 0 Å². The zero-order valence-corrected chi connectivity index (χ0v) is 17.6. The van der Waals surface area contributed by atoms with Crippen molar-refractivity contribution in [3.05, 3.63) is 69.8 Å². The summed E-state index contributed by atoms with van der Waals surface area (Å²) < 4.78 is 0. The summed E-state index contributed by atoms with van der Waals surface area (Å²) in [6.07, 6.45) is 6.32. The van der Waals surface area contributed by atoms with E-state index in [-0.39, 0.29) is 17.6 Å². The first-order valence-electron chi connectivity index (χ1n) is 10.1. The van der Waals surface area contributed by atoms with E-state index in [0.717, 1.165) is 16.7 Å². The normalized spacial score (nSPS) is 17.6. The van der Waals surface area contributed by atoms with E-state index < -0.39 is 5.97 Å². The maximum Gasteiger partial charge on any atom is 0.335 e. The number of aliphatic hydroxyl groups is 1. The first-order valence-corrected chi connectivity index (χ1v) is 10.1. The average molecular weight is 381 g/mol. The van der Waals surface area contributed by atoms with E-state index in [2.05, 4.69) is 32.9 Å². The Morgan fingerprint density at radius 1 is 1.14 bits per heavy atom. The Kier molecular flexibility index (Phi) is 7.20. The number of rotatable bonds is 4. The van der Waals surface area contributed by atoms with Crippen LogP contribution in [0.15, 0.2) is 36.4 Å². The van der Waals surface area contributed by atoms with Crippen LogP contribution < -0.4 is 0 Å². The third-order valence-electron chi connectivity index (χ3n) is 5.56. The lowest BCUT2D eigenvalue weighted by Gasteiger charge is -2.36. The Labute approximate surface area is 168 Å². The minimum absolute atomic E-state index is 0.0120. The summed E-state index contributed by atoms with van der Waals surface area (Å²) in [6.45, 7) is 10.8. The van der Waals surface area contributed by atoms with Crippen LogP contribution in [0.25, 0.3) is 12.2 Å². The second-order valence-corrected chi connectivity index (χ2v) is 7.88. The van der Waals surface area contributed by atoms with Crippen molar-refractivity contribution in [3.8, 4) is 0 Å². The second kappa shape index (κ2) is 9.20. The Hall–Kier alpha value is -2.39. The highest BCUT2D eigenvalue weighted by Crippen LogP contribution is 2.43. The van der Waals surface area contributed by atoms with Gasteiger partial charge in [0.1, 0.15) is 0 Å². The van der Waals surface area contributed by atoms with Crippen LogP contribution >= 0.6 is 0 Å². The molecule has 0 amide bonds. The van der Waals surface area contributed by atoms with Crippen molar-refractivity contribution in [1.29, 1.82) is 0 Å². The van der Waals surface area contributed by atoms with Gasteiger partial charge in [-0.05, 0) is 64.1 Å². The Morgan fingerprint density at radius 2 is 1.79 bits per heavy atom. The molecule has 3 rings (SSSR count). The molecule has 28 heavy (non-hydrogen) atoms. The van der Waals surface area contributed by atoms with Crippen molar-refractivity contribution >= 4 is 18.1 Å². The molecule has 2 N–H and O–H groups in total. The molecule has 1 aliphatic carbocycles. The van der Waals surface area contributed by atoms with Gasteiger partial charge in [-0.3, -0.25) is 0 Å². The number of carboxylic acids is 1. The van der Waals surface area contributed by atoms with Crippen LogP contribution in [0.5, 0.6) is 0 Å². The van der Waals surface area contributed by atoms with E-state index in [4.69, 9.17) is 5.11 Å². The number of aliphatic hydroxyl groups excluding tert-OH is 1. The van der Waals surface area contributed by atoms with E-state index in [9.17, 15) is 9.90 Å². The predicted octanol–water partition coefficient (Wildman–Crippen LogP) is 6.25. The van der Waals surface area contributed by atoms with Gasteiger partial charge in [0, 0.05) is 0 Å². The summed E-state index contributed by atoms with van der Waals surface area (Å²) in [6, 6.07) is 11.2. The second-order valence-electron chi connectivity index (χ2n) is 7.88. The maximum absolute atomic E-state index is 11.0. The molecule has 0 bridgehead atoms. The molecule has 1 unspecified atom stereocenters. The minimum Gasteiger partial charge on any atom is -0.478 e. The number of aromatic carboxylic acids is 1. The van der Waals surface area contributed by atoms with Crippen LogP contribution in [-0.4, -0.2) is 16.2 Å². The number of carboxylic acid groups (broad SMARTS) is 1. The summed E-state index contributed by atoms with van der Waals surface area (Å²) in [5, 5.41) is 18.8. The van der Waals surface area contributed by atoms with Gasteiger partial charge in [0.25, 0.3) is 0 Å². The molecule has 3 heteroatoms. The number of hydrogen-bond acceptors (Lipinski definition) is 2.